The molecular formula is C32H36O8. The highest BCUT2D eigenvalue weighted by Crippen LogP contribution is 2.28. The molecule has 8 nitrogen and oxygen atoms in total. The fourth-order valence-corrected chi connectivity index (χ4v) is 3.55. The average Bonchev–Trinajstić information content (AvgIpc) is 2.96. The Labute approximate surface area is 235 Å². The van der Waals surface area contributed by atoms with E-state index in [2.05, 4.69) is 13.5 Å². The van der Waals surface area contributed by atoms with E-state index >= 15 is 0 Å². The van der Waals surface area contributed by atoms with Crippen LogP contribution in [0.25, 0.3) is 0 Å². The number of hydrogen-bond acceptors (Lipinski definition) is 8. The summed E-state index contributed by atoms with van der Waals surface area (Å²) in [7, 11) is 0. The second kappa shape index (κ2) is 16.0. The fourth-order valence-electron chi connectivity index (χ4n) is 3.55. The molecule has 0 radical (unpaired) electrons. The molecule has 0 saturated carbocycles. The van der Waals surface area contributed by atoms with Gasteiger partial charge in [-0.05, 0) is 98.5 Å². The van der Waals surface area contributed by atoms with Crippen LogP contribution in [0.5, 0.6) is 23.0 Å². The second-order valence-corrected chi connectivity index (χ2v) is 9.01. The van der Waals surface area contributed by atoms with Crippen LogP contribution in [-0.2, 0) is 9.53 Å². The quantitative estimate of drug-likeness (QED) is 0.0727. The van der Waals surface area contributed by atoms with Gasteiger partial charge in [0.05, 0.1) is 25.4 Å². The molecule has 3 aromatic carbocycles. The van der Waals surface area contributed by atoms with Crippen LogP contribution in [0.3, 0.4) is 0 Å². The van der Waals surface area contributed by atoms with Crippen molar-refractivity contribution < 1.29 is 38.4 Å². The summed E-state index contributed by atoms with van der Waals surface area (Å²) < 4.78 is 27.5. The number of esters is 2. The number of rotatable bonds is 16. The zero-order chi connectivity index (χ0) is 28.7. The van der Waals surface area contributed by atoms with Crippen molar-refractivity contribution in [3.63, 3.8) is 0 Å². The van der Waals surface area contributed by atoms with Crippen LogP contribution < -0.4 is 18.9 Å². The Balaban J connectivity index is 1.46. The van der Waals surface area contributed by atoms with Crippen LogP contribution in [0.1, 0.15) is 60.4 Å². The number of aliphatic hydroxyl groups is 1. The van der Waals surface area contributed by atoms with Gasteiger partial charge in [-0.1, -0.05) is 19.9 Å². The fraction of sp³-hybridized carbons (Fsp3) is 0.312. The summed E-state index contributed by atoms with van der Waals surface area (Å²) in [6.45, 7) is 8.68. The minimum Gasteiger partial charge on any atom is -0.494 e. The molecule has 1 atom stereocenters. The molecule has 0 aliphatic carbocycles. The topological polar surface area (TPSA) is 101 Å². The van der Waals surface area contributed by atoms with E-state index in [9.17, 15) is 14.7 Å². The maximum Gasteiger partial charge on any atom is 0.343 e. The molecule has 0 fully saturated rings. The Morgan fingerprint density at radius 1 is 0.850 bits per heavy atom. The highest BCUT2D eigenvalue weighted by molar-refractivity contribution is 5.91. The number of carbonyl (C=O) groups excluding carboxylic acids is 2. The standard InChI is InChI=1S/C32H36O8/c1-4-6-19-36-26-15-11-25(12-16-26)32(35)40-29-18-17-28(22-23(29)3)39-31(34)24-9-13-27(14-10-24)37-20-7-8-21-38-30(33)5-2/h5,9-18,22,32,35H,2,4,6-8,19-21H2,1,3H3. The first-order valence-corrected chi connectivity index (χ1v) is 13.3. The number of ether oxygens (including phenoxy) is 5. The first-order valence-electron chi connectivity index (χ1n) is 13.3. The normalized spacial score (nSPS) is 11.3. The van der Waals surface area contributed by atoms with Crippen LogP contribution in [0.2, 0.25) is 0 Å². The third-order valence-corrected chi connectivity index (χ3v) is 5.84. The van der Waals surface area contributed by atoms with E-state index < -0.39 is 18.2 Å². The monoisotopic (exact) mass is 548 g/mol. The maximum atomic E-state index is 12.6. The van der Waals surface area contributed by atoms with Gasteiger partial charge in [0.25, 0.3) is 0 Å². The predicted molar refractivity (Wildman–Crippen MR) is 151 cm³/mol. The van der Waals surface area contributed by atoms with E-state index in [0.29, 0.717) is 66.6 Å². The van der Waals surface area contributed by atoms with Gasteiger partial charge in [0, 0.05) is 11.6 Å². The number of unbranched alkanes of at least 4 members (excludes halogenated alkanes) is 2. The van der Waals surface area contributed by atoms with Gasteiger partial charge in [-0.25, -0.2) is 9.59 Å². The van der Waals surface area contributed by atoms with Gasteiger partial charge >= 0.3 is 11.9 Å². The summed E-state index contributed by atoms with van der Waals surface area (Å²) in [6, 6.07) is 18.7. The summed E-state index contributed by atoms with van der Waals surface area (Å²) in [6.07, 6.45) is 3.41. The van der Waals surface area contributed by atoms with Gasteiger partial charge in [-0.15, -0.1) is 0 Å². The molecule has 0 spiro atoms. The van der Waals surface area contributed by atoms with E-state index in [-0.39, 0.29) is 0 Å². The summed E-state index contributed by atoms with van der Waals surface area (Å²) in [4.78, 5) is 23.6. The predicted octanol–water partition coefficient (Wildman–Crippen LogP) is 6.35. The number of carbonyl (C=O) groups is 2. The van der Waals surface area contributed by atoms with Crippen molar-refractivity contribution in [2.75, 3.05) is 19.8 Å². The first kappa shape index (κ1) is 30.2. The minimum atomic E-state index is -1.16. The molecule has 212 valence electrons. The molecule has 0 aliphatic rings. The van der Waals surface area contributed by atoms with E-state index in [1.807, 2.05) is 0 Å². The van der Waals surface area contributed by atoms with E-state index in [1.54, 1.807) is 73.7 Å². The van der Waals surface area contributed by atoms with Gasteiger partial charge in [-0.3, -0.25) is 0 Å². The third kappa shape index (κ3) is 9.78. The Kier molecular flexibility index (Phi) is 12.1. The van der Waals surface area contributed by atoms with Crippen molar-refractivity contribution in [1.82, 2.24) is 0 Å². The van der Waals surface area contributed by atoms with E-state index in [0.717, 1.165) is 24.7 Å². The minimum absolute atomic E-state index is 0.315. The lowest BCUT2D eigenvalue weighted by Crippen LogP contribution is -2.10. The number of hydrogen-bond donors (Lipinski definition) is 1. The highest BCUT2D eigenvalue weighted by Gasteiger charge is 2.14. The number of aliphatic hydroxyl groups excluding tert-OH is 1. The smallest absolute Gasteiger partial charge is 0.343 e. The van der Waals surface area contributed by atoms with Gasteiger partial charge in [0.2, 0.25) is 6.29 Å². The number of benzene rings is 3. The Bertz CT molecular complexity index is 1230. The average molecular weight is 549 g/mol. The van der Waals surface area contributed by atoms with Crippen LogP contribution >= 0.6 is 0 Å². The van der Waals surface area contributed by atoms with Crippen molar-refractivity contribution in [2.45, 2.75) is 45.8 Å². The lowest BCUT2D eigenvalue weighted by Gasteiger charge is -2.16. The molecule has 1 unspecified atom stereocenters. The Hall–Kier alpha value is -4.30. The van der Waals surface area contributed by atoms with Crippen molar-refractivity contribution >= 4 is 11.9 Å². The molecule has 1 N–H and O–H groups in total. The SMILES string of the molecule is C=CC(=O)OCCCCOc1ccc(C(=O)Oc2ccc(OC(O)c3ccc(OCCCC)cc3)c(C)c2)cc1. The molecule has 0 amide bonds. The van der Waals surface area contributed by atoms with Crippen molar-refractivity contribution in [1.29, 1.82) is 0 Å². The van der Waals surface area contributed by atoms with Crippen LogP contribution in [0.4, 0.5) is 0 Å². The molecule has 3 rings (SSSR count). The van der Waals surface area contributed by atoms with Crippen LogP contribution in [-0.4, -0.2) is 36.9 Å². The zero-order valence-electron chi connectivity index (χ0n) is 23.0. The molecule has 0 saturated heterocycles. The van der Waals surface area contributed by atoms with Gasteiger partial charge in [0.1, 0.15) is 23.0 Å². The molecule has 0 aliphatic heterocycles. The summed E-state index contributed by atoms with van der Waals surface area (Å²) in [5.74, 6) is 1.24. The van der Waals surface area contributed by atoms with Crippen LogP contribution in [0, 0.1) is 6.92 Å². The lowest BCUT2D eigenvalue weighted by molar-refractivity contribution is -0.137. The van der Waals surface area contributed by atoms with E-state index in [1.165, 1.54) is 0 Å². The summed E-state index contributed by atoms with van der Waals surface area (Å²) >= 11 is 0. The zero-order valence-corrected chi connectivity index (χ0v) is 23.0. The Morgan fingerprint density at radius 3 is 2.08 bits per heavy atom. The summed E-state index contributed by atoms with van der Waals surface area (Å²) in [5, 5.41) is 10.5. The largest absolute Gasteiger partial charge is 0.494 e. The van der Waals surface area contributed by atoms with Crippen molar-refractivity contribution in [3.8, 4) is 23.0 Å². The van der Waals surface area contributed by atoms with Gasteiger partial charge in [0.15, 0.2) is 0 Å². The van der Waals surface area contributed by atoms with Gasteiger partial charge in [-0.2, -0.15) is 0 Å². The first-order chi connectivity index (χ1) is 19.4. The molecule has 8 heteroatoms. The van der Waals surface area contributed by atoms with Gasteiger partial charge < -0.3 is 28.8 Å². The highest BCUT2D eigenvalue weighted by atomic mass is 16.6. The lowest BCUT2D eigenvalue weighted by atomic mass is 10.2. The van der Waals surface area contributed by atoms with E-state index in [4.69, 9.17) is 23.7 Å². The Morgan fingerprint density at radius 2 is 1.45 bits per heavy atom. The van der Waals surface area contributed by atoms with Crippen molar-refractivity contribution in [2.24, 2.45) is 0 Å². The molecule has 3 aromatic rings. The molecule has 0 bridgehead atoms. The second-order valence-electron chi connectivity index (χ2n) is 9.01. The maximum absolute atomic E-state index is 12.6. The number of aryl methyl sites for hydroxylation is 1. The third-order valence-electron chi connectivity index (χ3n) is 5.84. The molecule has 0 heterocycles. The van der Waals surface area contributed by atoms with Crippen LogP contribution in [0.15, 0.2) is 79.4 Å². The molecular weight excluding hydrogens is 512 g/mol. The summed E-state index contributed by atoms with van der Waals surface area (Å²) in [5.41, 5.74) is 1.67. The molecule has 40 heavy (non-hydrogen) atoms. The van der Waals surface area contributed by atoms with Crippen molar-refractivity contribution in [3.05, 3.63) is 96.1 Å². The molecule has 0 aromatic heterocycles.